The summed E-state index contributed by atoms with van der Waals surface area (Å²) >= 11 is 0. The standard InChI is InChI=1S/C23H32N4O3/c1-15-5-7-19-21(9-15)30-22(11-23(19,3)26-16(2)28)17-6-8-20(29-4)18(10-17)12-27-14-24-13-25-27/h6,8,10,13-15,19,21-22H,5,7,9,11-12H2,1-4H3,(H,26,28)/t15-,19-,21-,22-,23-/m1/s1. The number of carbonyl (C=O) groups excluding carboxylic acids is 1. The molecule has 2 fully saturated rings. The number of rotatable bonds is 5. The Hall–Kier alpha value is -2.41. The molecule has 0 spiro atoms. The van der Waals surface area contributed by atoms with Crippen molar-refractivity contribution in [2.45, 2.75) is 70.7 Å². The zero-order valence-electron chi connectivity index (χ0n) is 18.3. The number of nitrogens with zero attached hydrogens (tertiary/aromatic N) is 3. The van der Waals surface area contributed by atoms with Crippen molar-refractivity contribution < 1.29 is 14.3 Å². The van der Waals surface area contributed by atoms with E-state index in [2.05, 4.69) is 41.4 Å². The Kier molecular flexibility index (Phi) is 5.82. The van der Waals surface area contributed by atoms with E-state index in [-0.39, 0.29) is 23.7 Å². The molecule has 0 unspecified atom stereocenters. The Balaban J connectivity index is 1.64. The number of aromatic nitrogens is 3. The van der Waals surface area contributed by atoms with Gasteiger partial charge in [0.05, 0.1) is 25.9 Å². The van der Waals surface area contributed by atoms with Crippen LogP contribution in [0.1, 0.15) is 63.7 Å². The van der Waals surface area contributed by atoms with Crippen LogP contribution in [-0.4, -0.2) is 39.4 Å². The minimum Gasteiger partial charge on any atom is -0.496 e. The number of fused-ring (bicyclic) bond motifs is 1. The summed E-state index contributed by atoms with van der Waals surface area (Å²) in [5, 5.41) is 7.50. The number of hydrogen-bond acceptors (Lipinski definition) is 5. The molecular formula is C23H32N4O3. The van der Waals surface area contributed by atoms with E-state index in [1.807, 2.05) is 6.07 Å². The fourth-order valence-corrected chi connectivity index (χ4v) is 5.36. The maximum atomic E-state index is 12.0. The molecule has 1 aliphatic heterocycles. The molecule has 1 amide bonds. The largest absolute Gasteiger partial charge is 0.496 e. The fourth-order valence-electron chi connectivity index (χ4n) is 5.36. The molecule has 30 heavy (non-hydrogen) atoms. The monoisotopic (exact) mass is 412 g/mol. The number of carbonyl (C=O) groups is 1. The molecule has 2 heterocycles. The molecule has 5 atom stereocenters. The van der Waals surface area contributed by atoms with Crippen LogP contribution in [0.25, 0.3) is 0 Å². The molecule has 2 aromatic rings. The van der Waals surface area contributed by atoms with Crippen LogP contribution in [-0.2, 0) is 16.1 Å². The third kappa shape index (κ3) is 4.21. The van der Waals surface area contributed by atoms with E-state index in [9.17, 15) is 4.79 Å². The van der Waals surface area contributed by atoms with Gasteiger partial charge in [-0.2, -0.15) is 5.10 Å². The number of methoxy groups -OCH3 is 1. The van der Waals surface area contributed by atoms with Crippen molar-refractivity contribution in [3.63, 3.8) is 0 Å². The lowest BCUT2D eigenvalue weighted by Crippen LogP contribution is -2.60. The van der Waals surface area contributed by atoms with Crippen molar-refractivity contribution >= 4 is 5.91 Å². The maximum absolute atomic E-state index is 12.0. The van der Waals surface area contributed by atoms with Gasteiger partial charge in [-0.1, -0.05) is 19.4 Å². The minimum atomic E-state index is -0.272. The van der Waals surface area contributed by atoms with Crippen molar-refractivity contribution in [2.24, 2.45) is 11.8 Å². The SMILES string of the molecule is COc1ccc([C@H]2C[C@@](C)(NC(C)=O)[C@@H]3CC[C@@H](C)C[C@H]3O2)cc1Cn1cncn1. The molecule has 0 radical (unpaired) electrons. The molecule has 4 rings (SSSR count). The lowest BCUT2D eigenvalue weighted by Gasteiger charge is -2.52. The second-order valence-corrected chi connectivity index (χ2v) is 9.16. The van der Waals surface area contributed by atoms with E-state index < -0.39 is 0 Å². The van der Waals surface area contributed by atoms with E-state index in [0.717, 1.165) is 36.1 Å². The highest BCUT2D eigenvalue weighted by molar-refractivity contribution is 5.73. The summed E-state index contributed by atoms with van der Waals surface area (Å²) in [4.78, 5) is 16.1. The molecule has 1 aromatic carbocycles. The van der Waals surface area contributed by atoms with Crippen LogP contribution >= 0.6 is 0 Å². The van der Waals surface area contributed by atoms with Gasteiger partial charge in [0, 0.05) is 30.4 Å². The molecule has 162 valence electrons. The van der Waals surface area contributed by atoms with Crippen LogP contribution in [0.2, 0.25) is 0 Å². The second kappa shape index (κ2) is 8.38. The fraction of sp³-hybridized carbons (Fsp3) is 0.609. The van der Waals surface area contributed by atoms with E-state index >= 15 is 0 Å². The van der Waals surface area contributed by atoms with E-state index in [1.54, 1.807) is 25.0 Å². The number of amides is 1. The minimum absolute atomic E-state index is 0.0251. The van der Waals surface area contributed by atoms with Gasteiger partial charge < -0.3 is 14.8 Å². The molecule has 1 aromatic heterocycles. The average molecular weight is 413 g/mol. The molecule has 0 bridgehead atoms. The number of ether oxygens (including phenoxy) is 2. The summed E-state index contributed by atoms with van der Waals surface area (Å²) < 4.78 is 14.0. The lowest BCUT2D eigenvalue weighted by atomic mass is 9.66. The topological polar surface area (TPSA) is 78.3 Å². The molecule has 1 aliphatic carbocycles. The normalized spacial score (nSPS) is 31.1. The first-order chi connectivity index (χ1) is 14.4. The van der Waals surface area contributed by atoms with Gasteiger partial charge in [-0.3, -0.25) is 4.79 Å². The average Bonchev–Trinajstić information content (AvgIpc) is 3.19. The van der Waals surface area contributed by atoms with E-state index in [4.69, 9.17) is 9.47 Å². The van der Waals surface area contributed by atoms with Gasteiger partial charge in [0.2, 0.25) is 5.91 Å². The van der Waals surface area contributed by atoms with Gasteiger partial charge in [-0.15, -0.1) is 0 Å². The summed E-state index contributed by atoms with van der Waals surface area (Å²) in [6.07, 6.45) is 7.40. The lowest BCUT2D eigenvalue weighted by molar-refractivity contribution is -0.153. The van der Waals surface area contributed by atoms with Crippen molar-refractivity contribution in [3.05, 3.63) is 42.0 Å². The van der Waals surface area contributed by atoms with Gasteiger partial charge in [0.1, 0.15) is 18.4 Å². The summed E-state index contributed by atoms with van der Waals surface area (Å²) in [5.74, 6) is 1.84. The molecular weight excluding hydrogens is 380 g/mol. The predicted octanol–water partition coefficient (Wildman–Crippen LogP) is 3.50. The second-order valence-electron chi connectivity index (χ2n) is 9.16. The van der Waals surface area contributed by atoms with Gasteiger partial charge in [-0.25, -0.2) is 9.67 Å². The van der Waals surface area contributed by atoms with Crippen molar-refractivity contribution in [3.8, 4) is 5.75 Å². The zero-order valence-corrected chi connectivity index (χ0v) is 18.3. The maximum Gasteiger partial charge on any atom is 0.217 e. The first-order valence-corrected chi connectivity index (χ1v) is 10.8. The molecule has 7 nitrogen and oxygen atoms in total. The molecule has 2 aliphatic rings. The number of nitrogens with one attached hydrogen (secondary N) is 1. The predicted molar refractivity (Wildman–Crippen MR) is 113 cm³/mol. The van der Waals surface area contributed by atoms with Crippen LogP contribution in [0.5, 0.6) is 5.75 Å². The van der Waals surface area contributed by atoms with E-state index in [0.29, 0.717) is 18.4 Å². The van der Waals surface area contributed by atoms with Crippen molar-refractivity contribution in [1.29, 1.82) is 0 Å². The van der Waals surface area contributed by atoms with Crippen LogP contribution in [0.3, 0.4) is 0 Å². The summed E-state index contributed by atoms with van der Waals surface area (Å²) in [5.41, 5.74) is 1.87. The van der Waals surface area contributed by atoms with Crippen LogP contribution in [0.4, 0.5) is 0 Å². The third-order valence-electron chi connectivity index (χ3n) is 6.76. The number of benzene rings is 1. The van der Waals surface area contributed by atoms with Gasteiger partial charge in [0.25, 0.3) is 0 Å². The van der Waals surface area contributed by atoms with Gasteiger partial charge >= 0.3 is 0 Å². The van der Waals surface area contributed by atoms with Gasteiger partial charge in [-0.05, 0) is 43.4 Å². The van der Waals surface area contributed by atoms with Crippen molar-refractivity contribution in [2.75, 3.05) is 7.11 Å². The Morgan fingerprint density at radius 2 is 2.23 bits per heavy atom. The number of hydrogen-bond donors (Lipinski definition) is 1. The molecule has 1 saturated carbocycles. The molecule has 1 N–H and O–H groups in total. The van der Waals surface area contributed by atoms with Gasteiger partial charge in [0.15, 0.2) is 0 Å². The van der Waals surface area contributed by atoms with Crippen LogP contribution in [0, 0.1) is 11.8 Å². The Morgan fingerprint density at radius 3 is 2.93 bits per heavy atom. The quantitative estimate of drug-likeness (QED) is 0.813. The summed E-state index contributed by atoms with van der Waals surface area (Å²) in [6, 6.07) is 6.22. The smallest absolute Gasteiger partial charge is 0.217 e. The Labute approximate surface area is 178 Å². The zero-order chi connectivity index (χ0) is 21.3. The Morgan fingerprint density at radius 1 is 1.40 bits per heavy atom. The summed E-state index contributed by atoms with van der Waals surface area (Å²) in [7, 11) is 1.68. The van der Waals surface area contributed by atoms with Crippen molar-refractivity contribution in [1.82, 2.24) is 20.1 Å². The summed E-state index contributed by atoms with van der Waals surface area (Å²) in [6.45, 7) is 6.68. The first kappa shape index (κ1) is 20.8. The van der Waals surface area contributed by atoms with Crippen LogP contribution < -0.4 is 10.1 Å². The molecule has 7 heteroatoms. The molecule has 1 saturated heterocycles. The van der Waals surface area contributed by atoms with E-state index in [1.165, 1.54) is 12.7 Å². The highest BCUT2D eigenvalue weighted by Gasteiger charge is 2.49. The highest BCUT2D eigenvalue weighted by atomic mass is 16.5. The highest BCUT2D eigenvalue weighted by Crippen LogP contribution is 2.48. The first-order valence-electron chi connectivity index (χ1n) is 10.8. The Bertz CT molecular complexity index is 885. The third-order valence-corrected chi connectivity index (χ3v) is 6.76. The van der Waals surface area contributed by atoms with Crippen LogP contribution in [0.15, 0.2) is 30.9 Å².